The van der Waals surface area contributed by atoms with Crippen LogP contribution in [-0.2, 0) is 0 Å². The summed E-state index contributed by atoms with van der Waals surface area (Å²) in [5, 5.41) is 0. The summed E-state index contributed by atoms with van der Waals surface area (Å²) in [7, 11) is 0. The second-order valence-corrected chi connectivity index (χ2v) is 4.04. The van der Waals surface area contributed by atoms with E-state index in [1.54, 1.807) is 0 Å². The fourth-order valence-corrected chi connectivity index (χ4v) is 1.30. The minimum Gasteiger partial charge on any atom is -0.387 e. The first-order valence-corrected chi connectivity index (χ1v) is 5.56. The zero-order valence-electron chi connectivity index (χ0n) is 10.2. The quantitative estimate of drug-likeness (QED) is 0.523. The van der Waals surface area contributed by atoms with Crippen molar-refractivity contribution in [2.24, 2.45) is 16.6 Å². The Morgan fingerprint density at radius 2 is 1.71 bits per heavy atom. The summed E-state index contributed by atoms with van der Waals surface area (Å²) in [6.07, 6.45) is 0. The molecule has 0 fully saturated rings. The molecule has 84 valence electrons. The van der Waals surface area contributed by atoms with E-state index >= 15 is 0 Å². The summed E-state index contributed by atoms with van der Waals surface area (Å²) >= 11 is 0. The highest BCUT2D eigenvalue weighted by Crippen LogP contribution is 1.99. The lowest BCUT2D eigenvalue weighted by Gasteiger charge is -2.21. The first-order chi connectivity index (χ1) is 6.51. The van der Waals surface area contributed by atoms with Gasteiger partial charge in [-0.1, -0.05) is 27.7 Å². The van der Waals surface area contributed by atoms with Gasteiger partial charge in [-0.2, -0.15) is 0 Å². The van der Waals surface area contributed by atoms with Gasteiger partial charge in [-0.15, -0.1) is 0 Å². The van der Waals surface area contributed by atoms with Crippen molar-refractivity contribution in [3.8, 4) is 0 Å². The monoisotopic (exact) mass is 199 g/mol. The molecular formula is C11H25N3. The van der Waals surface area contributed by atoms with E-state index in [4.69, 9.17) is 5.73 Å². The molecule has 0 heterocycles. The van der Waals surface area contributed by atoms with Crippen LogP contribution in [0.5, 0.6) is 0 Å². The molecule has 0 aliphatic rings. The molecule has 0 aromatic carbocycles. The smallest absolute Gasteiger partial charge is 0.0966 e. The molecule has 0 radical (unpaired) electrons. The molecule has 0 saturated heterocycles. The van der Waals surface area contributed by atoms with Gasteiger partial charge in [0, 0.05) is 12.5 Å². The van der Waals surface area contributed by atoms with Crippen LogP contribution in [0.15, 0.2) is 4.99 Å². The molecule has 3 nitrogen and oxygen atoms in total. The van der Waals surface area contributed by atoms with Crippen LogP contribution in [0.25, 0.3) is 0 Å². The van der Waals surface area contributed by atoms with Crippen LogP contribution in [0.2, 0.25) is 0 Å². The zero-order valence-corrected chi connectivity index (χ0v) is 10.2. The summed E-state index contributed by atoms with van der Waals surface area (Å²) in [5.41, 5.74) is 5.81. The number of hydrogen-bond acceptors (Lipinski definition) is 2. The molecule has 0 bridgehead atoms. The third-order valence-corrected chi connectivity index (χ3v) is 2.38. The van der Waals surface area contributed by atoms with Gasteiger partial charge in [0.25, 0.3) is 0 Å². The maximum absolute atomic E-state index is 5.81. The van der Waals surface area contributed by atoms with Crippen LogP contribution in [0.3, 0.4) is 0 Å². The van der Waals surface area contributed by atoms with Gasteiger partial charge >= 0.3 is 0 Å². The molecule has 14 heavy (non-hydrogen) atoms. The SMILES string of the molecule is CCN(CC)CC(C)N=C(N)C(C)C. The van der Waals surface area contributed by atoms with Crippen LogP contribution >= 0.6 is 0 Å². The molecular weight excluding hydrogens is 174 g/mol. The number of hydrogen-bond donors (Lipinski definition) is 1. The lowest BCUT2D eigenvalue weighted by molar-refractivity contribution is 0.289. The highest BCUT2D eigenvalue weighted by molar-refractivity contribution is 5.82. The molecule has 0 amide bonds. The van der Waals surface area contributed by atoms with Crippen LogP contribution in [-0.4, -0.2) is 36.4 Å². The second-order valence-electron chi connectivity index (χ2n) is 4.04. The lowest BCUT2D eigenvalue weighted by atomic mass is 10.2. The summed E-state index contributed by atoms with van der Waals surface area (Å²) in [4.78, 5) is 6.83. The maximum atomic E-state index is 5.81. The van der Waals surface area contributed by atoms with Crippen molar-refractivity contribution in [2.45, 2.75) is 40.7 Å². The van der Waals surface area contributed by atoms with Gasteiger partial charge < -0.3 is 10.6 Å². The predicted molar refractivity (Wildman–Crippen MR) is 63.7 cm³/mol. The fourth-order valence-electron chi connectivity index (χ4n) is 1.30. The van der Waals surface area contributed by atoms with Crippen LogP contribution in [0.4, 0.5) is 0 Å². The molecule has 0 saturated carbocycles. The fraction of sp³-hybridized carbons (Fsp3) is 0.909. The highest BCUT2D eigenvalue weighted by Gasteiger charge is 2.07. The molecule has 0 aromatic rings. The van der Waals surface area contributed by atoms with E-state index in [2.05, 4.69) is 44.5 Å². The third-order valence-electron chi connectivity index (χ3n) is 2.38. The lowest BCUT2D eigenvalue weighted by Crippen LogP contribution is -2.32. The zero-order chi connectivity index (χ0) is 11.1. The first kappa shape index (κ1) is 13.4. The number of aliphatic imine (C=N–C) groups is 1. The van der Waals surface area contributed by atoms with Gasteiger partial charge in [-0.05, 0) is 20.0 Å². The van der Waals surface area contributed by atoms with Crippen LogP contribution in [0.1, 0.15) is 34.6 Å². The van der Waals surface area contributed by atoms with Gasteiger partial charge in [-0.3, -0.25) is 4.99 Å². The molecule has 1 atom stereocenters. The average molecular weight is 199 g/mol. The van der Waals surface area contributed by atoms with Crippen molar-refractivity contribution in [3.63, 3.8) is 0 Å². The number of nitrogens with two attached hydrogens (primary N) is 1. The Bertz CT molecular complexity index is 171. The van der Waals surface area contributed by atoms with Crippen LogP contribution in [0, 0.1) is 5.92 Å². The van der Waals surface area contributed by atoms with E-state index in [9.17, 15) is 0 Å². The normalized spacial score (nSPS) is 15.2. The molecule has 0 aliphatic carbocycles. The Hall–Kier alpha value is -0.570. The minimum atomic E-state index is 0.303. The van der Waals surface area contributed by atoms with Crippen molar-refractivity contribution in [2.75, 3.05) is 19.6 Å². The molecule has 1 unspecified atom stereocenters. The van der Waals surface area contributed by atoms with Gasteiger partial charge in [0.1, 0.15) is 0 Å². The Balaban J connectivity index is 4.07. The van der Waals surface area contributed by atoms with Gasteiger partial charge in [0.2, 0.25) is 0 Å². The molecule has 2 N–H and O–H groups in total. The minimum absolute atomic E-state index is 0.303. The van der Waals surface area contributed by atoms with Gasteiger partial charge in [0.05, 0.1) is 11.9 Å². The molecule has 3 heteroatoms. The predicted octanol–water partition coefficient (Wildman–Crippen LogP) is 1.73. The van der Waals surface area contributed by atoms with Crippen molar-refractivity contribution >= 4 is 5.84 Å². The largest absolute Gasteiger partial charge is 0.387 e. The van der Waals surface area contributed by atoms with E-state index in [1.165, 1.54) is 0 Å². The molecule has 0 aliphatic heterocycles. The first-order valence-electron chi connectivity index (χ1n) is 5.56. The molecule has 0 spiro atoms. The number of amidine groups is 1. The highest BCUT2D eigenvalue weighted by atomic mass is 15.1. The van der Waals surface area contributed by atoms with Gasteiger partial charge in [-0.25, -0.2) is 0 Å². The van der Waals surface area contributed by atoms with E-state index in [-0.39, 0.29) is 0 Å². The van der Waals surface area contributed by atoms with Crippen molar-refractivity contribution in [1.29, 1.82) is 0 Å². The average Bonchev–Trinajstić information content (AvgIpc) is 2.13. The summed E-state index contributed by atoms with van der Waals surface area (Å²) in [5.74, 6) is 1.12. The van der Waals surface area contributed by atoms with Crippen molar-refractivity contribution in [1.82, 2.24) is 4.90 Å². The molecule has 0 aromatic heterocycles. The Labute approximate surface area is 88.4 Å². The standard InChI is InChI=1S/C11H25N3/c1-6-14(7-2)8-10(5)13-11(12)9(3)4/h9-10H,6-8H2,1-5H3,(H2,12,13). The Morgan fingerprint density at radius 3 is 2.07 bits per heavy atom. The van der Waals surface area contributed by atoms with Gasteiger partial charge in [0.15, 0.2) is 0 Å². The topological polar surface area (TPSA) is 41.6 Å². The van der Waals surface area contributed by atoms with E-state index in [1.807, 2.05) is 0 Å². The summed E-state index contributed by atoms with van der Waals surface area (Å²) in [6, 6.07) is 0.303. The number of nitrogens with zero attached hydrogens (tertiary/aromatic N) is 2. The second kappa shape index (κ2) is 6.82. The van der Waals surface area contributed by atoms with E-state index in [0.717, 1.165) is 25.5 Å². The molecule has 0 rings (SSSR count). The Kier molecular flexibility index (Phi) is 6.54. The van der Waals surface area contributed by atoms with Crippen LogP contribution < -0.4 is 5.73 Å². The van der Waals surface area contributed by atoms with E-state index < -0.39 is 0 Å². The van der Waals surface area contributed by atoms with Crippen molar-refractivity contribution in [3.05, 3.63) is 0 Å². The number of likely N-dealkylation sites (N-methyl/N-ethyl adjacent to an activating group) is 1. The maximum Gasteiger partial charge on any atom is 0.0966 e. The van der Waals surface area contributed by atoms with Crippen molar-refractivity contribution < 1.29 is 0 Å². The van der Waals surface area contributed by atoms with E-state index in [0.29, 0.717) is 12.0 Å². The summed E-state index contributed by atoms with van der Waals surface area (Å²) < 4.78 is 0. The summed E-state index contributed by atoms with van der Waals surface area (Å²) in [6.45, 7) is 13.8. The number of rotatable bonds is 6. The Morgan fingerprint density at radius 1 is 1.21 bits per heavy atom. The third kappa shape index (κ3) is 5.22.